The smallest absolute Gasteiger partial charge is 0.253 e. The van der Waals surface area contributed by atoms with Crippen LogP contribution in [-0.2, 0) is 11.3 Å². The second-order valence-electron chi connectivity index (χ2n) is 5.02. The summed E-state index contributed by atoms with van der Waals surface area (Å²) in [5, 5.41) is 2.79. The van der Waals surface area contributed by atoms with Crippen LogP contribution in [0, 0.1) is 0 Å². The molecule has 0 saturated carbocycles. The predicted molar refractivity (Wildman–Crippen MR) is 87.0 cm³/mol. The van der Waals surface area contributed by atoms with Gasteiger partial charge in [0.1, 0.15) is 0 Å². The molecule has 0 atom stereocenters. The van der Waals surface area contributed by atoms with Gasteiger partial charge in [0.05, 0.1) is 24.1 Å². The Bertz CT molecular complexity index is 602. The highest BCUT2D eigenvalue weighted by atomic mass is 16.5. The van der Waals surface area contributed by atoms with Crippen molar-refractivity contribution < 1.29 is 9.53 Å². The van der Waals surface area contributed by atoms with Gasteiger partial charge in [0, 0.05) is 33.4 Å². The molecule has 0 fully saturated rings. The zero-order valence-electron chi connectivity index (χ0n) is 13.0. The first-order valence-electron chi connectivity index (χ1n) is 7.18. The first-order valence-corrected chi connectivity index (χ1v) is 7.18. The van der Waals surface area contributed by atoms with Crippen molar-refractivity contribution in [2.45, 2.75) is 6.54 Å². The molecule has 0 spiro atoms. The molecule has 1 heterocycles. The third-order valence-electron chi connectivity index (χ3n) is 3.28. The average Bonchev–Trinajstić information content (AvgIpc) is 2.56. The summed E-state index contributed by atoms with van der Waals surface area (Å²) >= 11 is 0. The van der Waals surface area contributed by atoms with Crippen molar-refractivity contribution in [2.24, 2.45) is 0 Å². The van der Waals surface area contributed by atoms with Crippen molar-refractivity contribution in [1.29, 1.82) is 0 Å². The Labute approximate surface area is 130 Å². The van der Waals surface area contributed by atoms with Gasteiger partial charge in [0.25, 0.3) is 5.91 Å². The molecule has 0 unspecified atom stereocenters. The normalized spacial score (nSPS) is 10.3. The monoisotopic (exact) mass is 299 g/mol. The van der Waals surface area contributed by atoms with Crippen LogP contribution in [0.5, 0.6) is 0 Å². The minimum Gasteiger partial charge on any atom is -0.383 e. The summed E-state index contributed by atoms with van der Waals surface area (Å²) in [5.74, 6) is -0.139. The number of nitrogens with one attached hydrogen (secondary N) is 1. The number of ether oxygens (including phenoxy) is 1. The van der Waals surface area contributed by atoms with Gasteiger partial charge in [-0.05, 0) is 11.6 Å². The maximum Gasteiger partial charge on any atom is 0.253 e. The van der Waals surface area contributed by atoms with E-state index in [1.165, 1.54) is 5.56 Å². The number of methoxy groups -OCH3 is 1. The fraction of sp³-hybridized carbons (Fsp3) is 0.294. The van der Waals surface area contributed by atoms with Crippen LogP contribution in [0.15, 0.2) is 48.8 Å². The number of hydrogen-bond acceptors (Lipinski definition) is 4. The molecule has 1 N–H and O–H groups in total. The molecule has 0 radical (unpaired) electrons. The highest BCUT2D eigenvalue weighted by Gasteiger charge is 2.09. The van der Waals surface area contributed by atoms with Crippen LogP contribution >= 0.6 is 0 Å². The van der Waals surface area contributed by atoms with Gasteiger partial charge in [0.15, 0.2) is 0 Å². The van der Waals surface area contributed by atoms with E-state index in [9.17, 15) is 4.79 Å². The van der Waals surface area contributed by atoms with Crippen molar-refractivity contribution >= 4 is 11.6 Å². The van der Waals surface area contributed by atoms with Gasteiger partial charge in [0.2, 0.25) is 0 Å². The summed E-state index contributed by atoms with van der Waals surface area (Å²) in [4.78, 5) is 18.3. The number of rotatable bonds is 7. The van der Waals surface area contributed by atoms with E-state index in [1.807, 2.05) is 31.3 Å². The SMILES string of the molecule is COCCNC(=O)c1cncc(N(C)Cc2ccccc2)c1. The van der Waals surface area contributed by atoms with E-state index in [0.717, 1.165) is 12.2 Å². The molecule has 2 aromatic rings. The van der Waals surface area contributed by atoms with Gasteiger partial charge in [-0.15, -0.1) is 0 Å². The van der Waals surface area contributed by atoms with E-state index in [1.54, 1.807) is 19.5 Å². The van der Waals surface area contributed by atoms with Crippen LogP contribution in [0.1, 0.15) is 15.9 Å². The summed E-state index contributed by atoms with van der Waals surface area (Å²) in [7, 11) is 3.59. The largest absolute Gasteiger partial charge is 0.383 e. The van der Waals surface area contributed by atoms with Gasteiger partial charge >= 0.3 is 0 Å². The number of aromatic nitrogens is 1. The number of benzene rings is 1. The molecule has 116 valence electrons. The fourth-order valence-electron chi connectivity index (χ4n) is 2.08. The Hall–Kier alpha value is -2.40. The standard InChI is InChI=1S/C17H21N3O2/c1-20(13-14-6-4-3-5-7-14)16-10-15(11-18-12-16)17(21)19-8-9-22-2/h3-7,10-12H,8-9,13H2,1-2H3,(H,19,21). The number of carbonyl (C=O) groups is 1. The molecule has 5 nitrogen and oxygen atoms in total. The Morgan fingerprint density at radius 3 is 2.77 bits per heavy atom. The Morgan fingerprint density at radius 1 is 1.27 bits per heavy atom. The molecule has 0 aliphatic carbocycles. The van der Waals surface area contributed by atoms with Crippen LogP contribution in [-0.4, -0.2) is 38.2 Å². The van der Waals surface area contributed by atoms with Crippen molar-refractivity contribution in [3.63, 3.8) is 0 Å². The third kappa shape index (κ3) is 4.56. The van der Waals surface area contributed by atoms with Crippen molar-refractivity contribution in [1.82, 2.24) is 10.3 Å². The minimum atomic E-state index is -0.139. The Morgan fingerprint density at radius 2 is 2.05 bits per heavy atom. The summed E-state index contributed by atoms with van der Waals surface area (Å²) < 4.78 is 4.92. The van der Waals surface area contributed by atoms with Crippen molar-refractivity contribution in [3.8, 4) is 0 Å². The molecule has 22 heavy (non-hydrogen) atoms. The first kappa shape index (κ1) is 16.0. The zero-order chi connectivity index (χ0) is 15.8. The lowest BCUT2D eigenvalue weighted by atomic mass is 10.2. The molecular formula is C17H21N3O2. The molecular weight excluding hydrogens is 278 g/mol. The van der Waals surface area contributed by atoms with Gasteiger partial charge in [-0.25, -0.2) is 0 Å². The van der Waals surface area contributed by atoms with E-state index >= 15 is 0 Å². The quantitative estimate of drug-likeness (QED) is 0.796. The van der Waals surface area contributed by atoms with Gasteiger partial charge in [-0.2, -0.15) is 0 Å². The first-order chi connectivity index (χ1) is 10.7. The maximum atomic E-state index is 12.0. The third-order valence-corrected chi connectivity index (χ3v) is 3.28. The van der Waals surface area contributed by atoms with Crippen LogP contribution in [0.25, 0.3) is 0 Å². The molecule has 1 aromatic heterocycles. The zero-order valence-corrected chi connectivity index (χ0v) is 13.0. The topological polar surface area (TPSA) is 54.5 Å². The molecule has 5 heteroatoms. The van der Waals surface area contributed by atoms with Crippen LogP contribution < -0.4 is 10.2 Å². The predicted octanol–water partition coefficient (Wildman–Crippen LogP) is 2.09. The molecule has 1 aromatic carbocycles. The molecule has 1 amide bonds. The molecule has 0 saturated heterocycles. The summed E-state index contributed by atoms with van der Waals surface area (Å²) in [5.41, 5.74) is 2.66. The highest BCUT2D eigenvalue weighted by molar-refractivity contribution is 5.94. The highest BCUT2D eigenvalue weighted by Crippen LogP contribution is 2.15. The average molecular weight is 299 g/mol. The lowest BCUT2D eigenvalue weighted by Crippen LogP contribution is -2.27. The summed E-state index contributed by atoms with van der Waals surface area (Å²) in [6.45, 7) is 1.74. The number of carbonyl (C=O) groups excluding carboxylic acids is 1. The van der Waals surface area contributed by atoms with E-state index < -0.39 is 0 Å². The van der Waals surface area contributed by atoms with E-state index in [-0.39, 0.29) is 5.91 Å². The van der Waals surface area contributed by atoms with Gasteiger partial charge in [-0.1, -0.05) is 30.3 Å². The number of hydrogen-bond donors (Lipinski definition) is 1. The van der Waals surface area contributed by atoms with Gasteiger partial charge < -0.3 is 15.0 Å². The number of nitrogens with zero attached hydrogens (tertiary/aromatic N) is 2. The number of pyridine rings is 1. The fourth-order valence-corrected chi connectivity index (χ4v) is 2.08. The van der Waals surface area contributed by atoms with Crippen molar-refractivity contribution in [3.05, 3.63) is 59.9 Å². The van der Waals surface area contributed by atoms with Crippen LogP contribution in [0.4, 0.5) is 5.69 Å². The lowest BCUT2D eigenvalue weighted by Gasteiger charge is -2.19. The molecule has 0 aliphatic heterocycles. The molecule has 0 bridgehead atoms. The summed E-state index contributed by atoms with van der Waals surface area (Å²) in [6.07, 6.45) is 3.33. The Balaban J connectivity index is 2.02. The lowest BCUT2D eigenvalue weighted by molar-refractivity contribution is 0.0937. The molecule has 0 aliphatic rings. The maximum absolute atomic E-state index is 12.0. The van der Waals surface area contributed by atoms with E-state index in [2.05, 4.69) is 27.3 Å². The minimum absolute atomic E-state index is 0.139. The number of anilines is 1. The number of amides is 1. The van der Waals surface area contributed by atoms with E-state index in [4.69, 9.17) is 4.74 Å². The van der Waals surface area contributed by atoms with Gasteiger partial charge in [-0.3, -0.25) is 9.78 Å². The second kappa shape index (κ2) is 8.14. The van der Waals surface area contributed by atoms with E-state index in [0.29, 0.717) is 18.7 Å². The second-order valence-corrected chi connectivity index (χ2v) is 5.02. The van der Waals surface area contributed by atoms with Crippen molar-refractivity contribution in [2.75, 3.05) is 32.2 Å². The summed E-state index contributed by atoms with van der Waals surface area (Å²) in [6, 6.07) is 12.0. The van der Waals surface area contributed by atoms with Crippen LogP contribution in [0.3, 0.4) is 0 Å². The molecule has 2 rings (SSSR count). The Kier molecular flexibility index (Phi) is 5.91. The van der Waals surface area contributed by atoms with Crippen LogP contribution in [0.2, 0.25) is 0 Å².